The van der Waals surface area contributed by atoms with E-state index in [1.807, 2.05) is 19.9 Å². The first-order valence-corrected chi connectivity index (χ1v) is 5.33. The molecule has 15 heavy (non-hydrogen) atoms. The summed E-state index contributed by atoms with van der Waals surface area (Å²) in [6, 6.07) is 4.17. The molecule has 1 atom stereocenters. The van der Waals surface area contributed by atoms with Gasteiger partial charge in [-0.1, -0.05) is 13.0 Å². The van der Waals surface area contributed by atoms with Gasteiger partial charge in [-0.3, -0.25) is 4.79 Å². The summed E-state index contributed by atoms with van der Waals surface area (Å²) in [5.41, 5.74) is 3.60. The zero-order valence-electron chi connectivity index (χ0n) is 9.46. The third kappa shape index (κ3) is 1.65. The summed E-state index contributed by atoms with van der Waals surface area (Å²) in [7, 11) is 1.67. The van der Waals surface area contributed by atoms with E-state index in [-0.39, 0.29) is 5.92 Å². The van der Waals surface area contributed by atoms with E-state index in [0.29, 0.717) is 12.2 Å². The van der Waals surface area contributed by atoms with Crippen LogP contribution in [0.3, 0.4) is 0 Å². The first-order valence-electron chi connectivity index (χ1n) is 5.33. The summed E-state index contributed by atoms with van der Waals surface area (Å²) in [5.74, 6) is 1.26. The lowest BCUT2D eigenvalue weighted by molar-refractivity contribution is -0.120. The van der Waals surface area contributed by atoms with Crippen molar-refractivity contribution in [1.29, 1.82) is 0 Å². The summed E-state index contributed by atoms with van der Waals surface area (Å²) < 4.78 is 5.28. The number of methoxy groups -OCH3 is 1. The largest absolute Gasteiger partial charge is 0.496 e. The Morgan fingerprint density at radius 2 is 2.07 bits per heavy atom. The van der Waals surface area contributed by atoms with Crippen molar-refractivity contribution >= 4 is 5.78 Å². The van der Waals surface area contributed by atoms with Gasteiger partial charge in [0, 0.05) is 12.3 Å². The average molecular weight is 204 g/mol. The highest BCUT2D eigenvalue weighted by atomic mass is 16.5. The van der Waals surface area contributed by atoms with Crippen molar-refractivity contribution < 1.29 is 9.53 Å². The Hall–Kier alpha value is -1.31. The van der Waals surface area contributed by atoms with Gasteiger partial charge < -0.3 is 4.74 Å². The molecule has 0 saturated heterocycles. The van der Waals surface area contributed by atoms with Gasteiger partial charge in [-0.2, -0.15) is 0 Å². The molecule has 0 bridgehead atoms. The van der Waals surface area contributed by atoms with Gasteiger partial charge in [-0.15, -0.1) is 0 Å². The van der Waals surface area contributed by atoms with Gasteiger partial charge in [0.1, 0.15) is 11.5 Å². The molecular formula is C13H16O2. The van der Waals surface area contributed by atoms with Crippen LogP contribution in [0.25, 0.3) is 0 Å². The minimum atomic E-state index is 0.0308. The molecule has 1 aromatic rings. The topological polar surface area (TPSA) is 26.3 Å². The zero-order valence-corrected chi connectivity index (χ0v) is 9.46. The lowest BCUT2D eigenvalue weighted by Gasteiger charge is -2.22. The SMILES string of the molecule is COc1cc2c(cc1C)CCC(=O)C2C. The molecule has 1 aliphatic rings. The Kier molecular flexibility index (Phi) is 2.51. The number of ether oxygens (including phenoxy) is 1. The Labute approximate surface area is 90.3 Å². The molecule has 0 radical (unpaired) electrons. The third-order valence-corrected chi connectivity index (χ3v) is 3.25. The minimum absolute atomic E-state index is 0.0308. The molecule has 2 nitrogen and oxygen atoms in total. The van der Waals surface area contributed by atoms with Crippen LogP contribution < -0.4 is 4.74 Å². The number of hydrogen-bond donors (Lipinski definition) is 0. The normalized spacial score (nSPS) is 19.9. The second-order valence-corrected chi connectivity index (χ2v) is 4.21. The molecule has 2 heteroatoms. The molecular weight excluding hydrogens is 188 g/mol. The first-order chi connectivity index (χ1) is 7.13. The fraction of sp³-hybridized carbons (Fsp3) is 0.462. The molecule has 0 spiro atoms. The molecule has 1 aliphatic carbocycles. The van der Waals surface area contributed by atoms with E-state index in [1.54, 1.807) is 7.11 Å². The van der Waals surface area contributed by atoms with Gasteiger partial charge in [0.25, 0.3) is 0 Å². The van der Waals surface area contributed by atoms with Crippen molar-refractivity contribution in [2.45, 2.75) is 32.6 Å². The number of carbonyl (C=O) groups excluding carboxylic acids is 1. The summed E-state index contributed by atoms with van der Waals surface area (Å²) in [4.78, 5) is 11.6. The van der Waals surface area contributed by atoms with Gasteiger partial charge in [0.2, 0.25) is 0 Å². The van der Waals surface area contributed by atoms with Crippen LogP contribution in [0.2, 0.25) is 0 Å². The van der Waals surface area contributed by atoms with Gasteiger partial charge in [0.15, 0.2) is 0 Å². The Morgan fingerprint density at radius 1 is 1.33 bits per heavy atom. The van der Waals surface area contributed by atoms with Crippen molar-refractivity contribution in [3.8, 4) is 5.75 Å². The first kappa shape index (κ1) is 10.2. The molecule has 1 unspecified atom stereocenters. The maximum atomic E-state index is 11.6. The number of hydrogen-bond acceptors (Lipinski definition) is 2. The van der Waals surface area contributed by atoms with Crippen LogP contribution in [-0.2, 0) is 11.2 Å². The van der Waals surface area contributed by atoms with Crippen molar-refractivity contribution in [2.24, 2.45) is 0 Å². The van der Waals surface area contributed by atoms with Crippen LogP contribution in [-0.4, -0.2) is 12.9 Å². The van der Waals surface area contributed by atoms with Crippen molar-refractivity contribution in [3.05, 3.63) is 28.8 Å². The molecule has 0 aromatic heterocycles. The van der Waals surface area contributed by atoms with Crippen molar-refractivity contribution in [1.82, 2.24) is 0 Å². The predicted molar refractivity (Wildman–Crippen MR) is 59.5 cm³/mol. The van der Waals surface area contributed by atoms with Gasteiger partial charge in [-0.25, -0.2) is 0 Å². The minimum Gasteiger partial charge on any atom is -0.496 e. The molecule has 0 heterocycles. The van der Waals surface area contributed by atoms with Crippen LogP contribution in [0.4, 0.5) is 0 Å². The quantitative estimate of drug-likeness (QED) is 0.703. The van der Waals surface area contributed by atoms with Gasteiger partial charge in [0.05, 0.1) is 7.11 Å². The Bertz CT molecular complexity index is 407. The standard InChI is InChI=1S/C13H16O2/c1-8-6-10-4-5-12(14)9(2)11(10)7-13(8)15-3/h6-7,9H,4-5H2,1-3H3. The van der Waals surface area contributed by atoms with E-state index < -0.39 is 0 Å². The number of rotatable bonds is 1. The summed E-state index contributed by atoms with van der Waals surface area (Å²) in [5, 5.41) is 0. The van der Waals surface area contributed by atoms with E-state index in [0.717, 1.165) is 23.3 Å². The monoisotopic (exact) mass is 204 g/mol. The van der Waals surface area contributed by atoms with Crippen molar-refractivity contribution in [3.63, 3.8) is 0 Å². The maximum Gasteiger partial charge on any atom is 0.140 e. The molecule has 80 valence electrons. The Balaban J connectivity index is 2.53. The van der Waals surface area contributed by atoms with E-state index in [9.17, 15) is 4.79 Å². The summed E-state index contributed by atoms with van der Waals surface area (Å²) >= 11 is 0. The van der Waals surface area contributed by atoms with E-state index in [4.69, 9.17) is 4.74 Å². The number of ketones is 1. The molecule has 0 saturated carbocycles. The third-order valence-electron chi connectivity index (χ3n) is 3.25. The highest BCUT2D eigenvalue weighted by molar-refractivity contribution is 5.87. The van der Waals surface area contributed by atoms with Crippen molar-refractivity contribution in [2.75, 3.05) is 7.11 Å². The van der Waals surface area contributed by atoms with Gasteiger partial charge >= 0.3 is 0 Å². The number of fused-ring (bicyclic) bond motifs is 1. The zero-order chi connectivity index (χ0) is 11.0. The molecule has 0 amide bonds. The Morgan fingerprint density at radius 3 is 2.73 bits per heavy atom. The second kappa shape index (κ2) is 3.69. The van der Waals surface area contributed by atoms with E-state index in [2.05, 4.69) is 6.07 Å². The smallest absolute Gasteiger partial charge is 0.140 e. The van der Waals surface area contributed by atoms with Gasteiger partial charge in [-0.05, 0) is 36.1 Å². The predicted octanol–water partition coefficient (Wildman–Crippen LogP) is 2.62. The highest BCUT2D eigenvalue weighted by Crippen LogP contribution is 2.33. The number of carbonyl (C=O) groups is 1. The average Bonchev–Trinajstić information content (AvgIpc) is 2.23. The molecule has 0 N–H and O–H groups in total. The van der Waals surface area contributed by atoms with E-state index >= 15 is 0 Å². The van der Waals surface area contributed by atoms with Crippen LogP contribution in [0.5, 0.6) is 5.75 Å². The fourth-order valence-corrected chi connectivity index (χ4v) is 2.25. The van der Waals surface area contributed by atoms with Crippen LogP contribution >= 0.6 is 0 Å². The fourth-order valence-electron chi connectivity index (χ4n) is 2.25. The lowest BCUT2D eigenvalue weighted by atomic mass is 9.82. The molecule has 0 fully saturated rings. The molecule has 0 aliphatic heterocycles. The number of benzene rings is 1. The summed E-state index contributed by atoms with van der Waals surface area (Å²) in [6.45, 7) is 4.02. The van der Waals surface area contributed by atoms with Crippen LogP contribution in [0.15, 0.2) is 12.1 Å². The van der Waals surface area contributed by atoms with Crippen LogP contribution in [0.1, 0.15) is 36.0 Å². The molecule has 1 aromatic carbocycles. The van der Waals surface area contributed by atoms with E-state index in [1.165, 1.54) is 5.56 Å². The second-order valence-electron chi connectivity index (χ2n) is 4.21. The maximum absolute atomic E-state index is 11.6. The summed E-state index contributed by atoms with van der Waals surface area (Å²) in [6.07, 6.45) is 1.56. The highest BCUT2D eigenvalue weighted by Gasteiger charge is 2.24. The lowest BCUT2D eigenvalue weighted by Crippen LogP contribution is -2.18. The number of aryl methyl sites for hydroxylation is 2. The number of Topliss-reactive ketones (excluding diaryl/α,β-unsaturated/α-hetero) is 1. The van der Waals surface area contributed by atoms with Crippen LogP contribution in [0, 0.1) is 6.92 Å². The molecule has 2 rings (SSSR count).